The van der Waals surface area contributed by atoms with Crippen LogP contribution in [0.1, 0.15) is 36.8 Å². The number of hydrogen-bond acceptors (Lipinski definition) is 2. The lowest BCUT2D eigenvalue weighted by Gasteiger charge is -2.20. The van der Waals surface area contributed by atoms with Gasteiger partial charge in [-0.25, -0.2) is 0 Å². The number of rotatable bonds is 6. The molecular formula is C28H26O2. The van der Waals surface area contributed by atoms with Crippen molar-refractivity contribution in [3.05, 3.63) is 108 Å². The van der Waals surface area contributed by atoms with Crippen molar-refractivity contribution in [1.82, 2.24) is 0 Å². The van der Waals surface area contributed by atoms with E-state index < -0.39 is 0 Å². The van der Waals surface area contributed by atoms with E-state index in [2.05, 4.69) is 19.1 Å². The summed E-state index contributed by atoms with van der Waals surface area (Å²) in [6.07, 6.45) is 2.02. The van der Waals surface area contributed by atoms with Gasteiger partial charge in [-0.05, 0) is 52.9 Å². The van der Waals surface area contributed by atoms with Crippen LogP contribution in [0.25, 0.3) is 22.3 Å². The standard InChI is InChI=1S/C28H26O2/c1-2-9-24(22-14-16-27(29)25(18-22)20-10-5-3-6-11-20)23-15-17-28(30)26(19-23)21-12-7-4-8-13-21/h3-8,10-19,24,29-30H,2,9H2,1H3. The maximum absolute atomic E-state index is 10.5. The Morgan fingerprint density at radius 3 is 1.43 bits per heavy atom. The van der Waals surface area contributed by atoms with E-state index in [1.807, 2.05) is 72.8 Å². The smallest absolute Gasteiger partial charge is 0.123 e. The first-order valence-corrected chi connectivity index (χ1v) is 10.4. The Balaban J connectivity index is 1.79. The zero-order valence-corrected chi connectivity index (χ0v) is 17.1. The molecule has 30 heavy (non-hydrogen) atoms. The van der Waals surface area contributed by atoms with Crippen LogP contribution in [0.3, 0.4) is 0 Å². The molecule has 2 nitrogen and oxygen atoms in total. The minimum atomic E-state index is 0.182. The van der Waals surface area contributed by atoms with Gasteiger partial charge in [-0.3, -0.25) is 0 Å². The van der Waals surface area contributed by atoms with Crippen molar-refractivity contribution < 1.29 is 10.2 Å². The SMILES string of the molecule is CCCC(c1ccc(O)c(-c2ccccc2)c1)c1ccc(O)c(-c2ccccc2)c1. The molecule has 0 unspecified atom stereocenters. The van der Waals surface area contributed by atoms with Gasteiger partial charge in [0.2, 0.25) is 0 Å². The summed E-state index contributed by atoms with van der Waals surface area (Å²) in [7, 11) is 0. The first-order valence-electron chi connectivity index (χ1n) is 10.4. The van der Waals surface area contributed by atoms with E-state index in [0.717, 1.165) is 35.1 Å². The normalized spacial score (nSPS) is 11.0. The molecule has 0 saturated carbocycles. The third-order valence-electron chi connectivity index (χ3n) is 5.59. The molecule has 0 aliphatic rings. The van der Waals surface area contributed by atoms with Crippen LogP contribution < -0.4 is 0 Å². The van der Waals surface area contributed by atoms with Crippen LogP contribution in [0.4, 0.5) is 0 Å². The fourth-order valence-corrected chi connectivity index (χ4v) is 4.05. The maximum atomic E-state index is 10.5. The minimum Gasteiger partial charge on any atom is -0.507 e. The molecule has 0 saturated heterocycles. The maximum Gasteiger partial charge on any atom is 0.123 e. The number of phenols is 2. The Morgan fingerprint density at radius 1 is 0.600 bits per heavy atom. The summed E-state index contributed by atoms with van der Waals surface area (Å²) >= 11 is 0. The van der Waals surface area contributed by atoms with E-state index in [1.54, 1.807) is 12.1 Å². The van der Waals surface area contributed by atoms with Crippen LogP contribution in [-0.4, -0.2) is 10.2 Å². The lowest BCUT2D eigenvalue weighted by atomic mass is 9.84. The highest BCUT2D eigenvalue weighted by atomic mass is 16.3. The van der Waals surface area contributed by atoms with E-state index in [9.17, 15) is 10.2 Å². The lowest BCUT2D eigenvalue weighted by Crippen LogP contribution is -2.02. The summed E-state index contributed by atoms with van der Waals surface area (Å²) in [6, 6.07) is 31.7. The summed E-state index contributed by atoms with van der Waals surface area (Å²) in [5.41, 5.74) is 6.02. The fourth-order valence-electron chi connectivity index (χ4n) is 4.05. The largest absolute Gasteiger partial charge is 0.507 e. The highest BCUT2D eigenvalue weighted by Gasteiger charge is 2.18. The van der Waals surface area contributed by atoms with Gasteiger partial charge >= 0.3 is 0 Å². The number of phenolic OH excluding ortho intramolecular Hbond substituents is 2. The van der Waals surface area contributed by atoms with Gasteiger partial charge in [0.15, 0.2) is 0 Å². The van der Waals surface area contributed by atoms with Gasteiger partial charge < -0.3 is 10.2 Å². The molecule has 0 fully saturated rings. The van der Waals surface area contributed by atoms with Crippen molar-refractivity contribution in [3.8, 4) is 33.8 Å². The Hall–Kier alpha value is -3.52. The molecule has 4 aromatic rings. The summed E-state index contributed by atoms with van der Waals surface area (Å²) in [4.78, 5) is 0. The predicted octanol–water partition coefficient (Wildman–Crippen LogP) is 7.36. The first kappa shape index (κ1) is 19.8. The van der Waals surface area contributed by atoms with Crippen LogP contribution in [0, 0.1) is 0 Å². The van der Waals surface area contributed by atoms with Gasteiger partial charge in [0.1, 0.15) is 11.5 Å². The summed E-state index contributed by atoms with van der Waals surface area (Å²) in [5, 5.41) is 20.9. The number of hydrogen-bond donors (Lipinski definition) is 2. The summed E-state index contributed by atoms with van der Waals surface area (Å²) < 4.78 is 0. The molecule has 0 heterocycles. The van der Waals surface area contributed by atoms with E-state index in [4.69, 9.17) is 0 Å². The second kappa shape index (κ2) is 8.87. The molecule has 0 aliphatic heterocycles. The van der Waals surface area contributed by atoms with Gasteiger partial charge in [-0.2, -0.15) is 0 Å². The number of benzene rings is 4. The van der Waals surface area contributed by atoms with Crippen molar-refractivity contribution in [1.29, 1.82) is 0 Å². The van der Waals surface area contributed by atoms with Crippen LogP contribution in [-0.2, 0) is 0 Å². The highest BCUT2D eigenvalue weighted by Crippen LogP contribution is 2.39. The van der Waals surface area contributed by atoms with E-state index in [1.165, 1.54) is 11.1 Å². The van der Waals surface area contributed by atoms with Crippen molar-refractivity contribution >= 4 is 0 Å². The molecule has 0 spiro atoms. The summed E-state index contributed by atoms with van der Waals surface area (Å²) in [5.74, 6) is 0.757. The van der Waals surface area contributed by atoms with Crippen molar-refractivity contribution in [2.45, 2.75) is 25.7 Å². The second-order valence-corrected chi connectivity index (χ2v) is 7.63. The molecule has 4 rings (SSSR count). The Bertz CT molecular complexity index is 1030. The fraction of sp³-hybridized carbons (Fsp3) is 0.143. The third kappa shape index (κ3) is 4.08. The second-order valence-electron chi connectivity index (χ2n) is 7.63. The van der Waals surface area contributed by atoms with Crippen LogP contribution in [0.5, 0.6) is 11.5 Å². The Morgan fingerprint density at radius 2 is 1.03 bits per heavy atom. The molecule has 2 heteroatoms. The van der Waals surface area contributed by atoms with E-state index in [-0.39, 0.29) is 17.4 Å². The van der Waals surface area contributed by atoms with E-state index >= 15 is 0 Å². The zero-order chi connectivity index (χ0) is 20.9. The molecule has 4 aromatic carbocycles. The van der Waals surface area contributed by atoms with Gasteiger partial charge in [-0.1, -0.05) is 86.1 Å². The van der Waals surface area contributed by atoms with Crippen molar-refractivity contribution in [2.24, 2.45) is 0 Å². The molecule has 0 aromatic heterocycles. The molecule has 0 radical (unpaired) electrons. The minimum absolute atomic E-state index is 0.182. The van der Waals surface area contributed by atoms with Crippen LogP contribution >= 0.6 is 0 Å². The quantitative estimate of drug-likeness (QED) is 0.358. The monoisotopic (exact) mass is 394 g/mol. The molecule has 150 valence electrons. The highest BCUT2D eigenvalue weighted by molar-refractivity contribution is 5.73. The molecule has 0 amide bonds. The van der Waals surface area contributed by atoms with Crippen molar-refractivity contribution in [2.75, 3.05) is 0 Å². The van der Waals surface area contributed by atoms with Gasteiger partial charge in [0, 0.05) is 17.0 Å². The topological polar surface area (TPSA) is 40.5 Å². The van der Waals surface area contributed by atoms with Gasteiger partial charge in [0.05, 0.1) is 0 Å². The molecular weight excluding hydrogens is 368 g/mol. The first-order chi connectivity index (χ1) is 14.7. The predicted molar refractivity (Wildman–Crippen MR) is 124 cm³/mol. The van der Waals surface area contributed by atoms with Gasteiger partial charge in [-0.15, -0.1) is 0 Å². The molecule has 0 atom stereocenters. The molecule has 0 aliphatic carbocycles. The van der Waals surface area contributed by atoms with Gasteiger partial charge in [0.25, 0.3) is 0 Å². The average molecular weight is 395 g/mol. The molecule has 0 bridgehead atoms. The summed E-state index contributed by atoms with van der Waals surface area (Å²) in [6.45, 7) is 2.18. The third-order valence-corrected chi connectivity index (χ3v) is 5.59. The Kier molecular flexibility index (Phi) is 5.85. The Labute approximate surface area is 178 Å². The zero-order valence-electron chi connectivity index (χ0n) is 17.1. The van der Waals surface area contributed by atoms with E-state index in [0.29, 0.717) is 0 Å². The average Bonchev–Trinajstić information content (AvgIpc) is 2.80. The van der Waals surface area contributed by atoms with Crippen LogP contribution in [0.15, 0.2) is 97.1 Å². The van der Waals surface area contributed by atoms with Crippen LogP contribution in [0.2, 0.25) is 0 Å². The number of aromatic hydroxyl groups is 2. The van der Waals surface area contributed by atoms with Crippen molar-refractivity contribution in [3.63, 3.8) is 0 Å². The lowest BCUT2D eigenvalue weighted by molar-refractivity contribution is 0.477. The molecule has 2 N–H and O–H groups in total.